The van der Waals surface area contributed by atoms with Gasteiger partial charge in [0.25, 0.3) is 11.8 Å². The number of aryl methyl sites for hydroxylation is 1. The zero-order valence-electron chi connectivity index (χ0n) is 15.6. The third-order valence-electron chi connectivity index (χ3n) is 4.27. The number of halogens is 1. The molecule has 0 fully saturated rings. The number of para-hydroxylation sites is 1. The maximum atomic E-state index is 12.9. The third kappa shape index (κ3) is 4.38. The molecule has 3 aromatic rings. The Balaban J connectivity index is 1.83. The maximum Gasteiger partial charge on any atom is 0.276 e. The van der Waals surface area contributed by atoms with E-state index in [9.17, 15) is 9.59 Å². The van der Waals surface area contributed by atoms with Crippen LogP contribution in [0.1, 0.15) is 33.5 Å². The Labute approximate surface area is 169 Å². The Kier molecular flexibility index (Phi) is 6.06. The fraction of sp³-hybridized carbons (Fsp3) is 0.136. The lowest BCUT2D eigenvalue weighted by atomic mass is 10.2. The summed E-state index contributed by atoms with van der Waals surface area (Å²) in [6.07, 6.45) is 0. The molecule has 0 unspecified atom stereocenters. The van der Waals surface area contributed by atoms with E-state index in [1.165, 1.54) is 0 Å². The molecule has 6 heteroatoms. The number of aromatic nitrogens is 1. The van der Waals surface area contributed by atoms with Crippen molar-refractivity contribution >= 4 is 34.8 Å². The molecular weight excluding hydrogens is 374 g/mol. The van der Waals surface area contributed by atoms with Crippen LogP contribution < -0.4 is 10.2 Å². The lowest BCUT2D eigenvalue weighted by Crippen LogP contribution is -2.31. The van der Waals surface area contributed by atoms with Gasteiger partial charge in [0.15, 0.2) is 0 Å². The first-order valence-electron chi connectivity index (χ1n) is 8.91. The van der Waals surface area contributed by atoms with E-state index in [1.54, 1.807) is 41.3 Å². The molecule has 0 saturated heterocycles. The van der Waals surface area contributed by atoms with Gasteiger partial charge in [0.05, 0.1) is 0 Å². The smallest absolute Gasteiger partial charge is 0.276 e. The molecule has 142 valence electrons. The van der Waals surface area contributed by atoms with Crippen LogP contribution in [0, 0.1) is 6.92 Å². The van der Waals surface area contributed by atoms with E-state index in [0.29, 0.717) is 17.3 Å². The molecule has 0 aliphatic carbocycles. The van der Waals surface area contributed by atoms with Gasteiger partial charge < -0.3 is 10.2 Å². The highest BCUT2D eigenvalue weighted by Crippen LogP contribution is 2.20. The number of nitrogens with one attached hydrogen (secondary N) is 1. The van der Waals surface area contributed by atoms with E-state index in [0.717, 1.165) is 11.3 Å². The number of nitrogens with zero attached hydrogens (tertiary/aromatic N) is 2. The van der Waals surface area contributed by atoms with E-state index in [-0.39, 0.29) is 23.2 Å². The Hall–Kier alpha value is -3.18. The molecular formula is C22H20ClN3O2. The molecule has 2 aromatic carbocycles. The maximum absolute atomic E-state index is 12.9. The predicted octanol–water partition coefficient (Wildman–Crippen LogP) is 4.96. The molecule has 0 saturated carbocycles. The van der Waals surface area contributed by atoms with Gasteiger partial charge >= 0.3 is 0 Å². The third-order valence-corrected chi connectivity index (χ3v) is 4.50. The van der Waals surface area contributed by atoms with Gasteiger partial charge in [-0.25, -0.2) is 4.98 Å². The number of carbonyl (C=O) groups is 2. The molecule has 1 heterocycles. The second-order valence-corrected chi connectivity index (χ2v) is 6.64. The quantitative estimate of drug-likeness (QED) is 0.666. The minimum absolute atomic E-state index is 0.171. The van der Waals surface area contributed by atoms with Gasteiger partial charge in [-0.1, -0.05) is 35.9 Å². The number of hydrogen-bond acceptors (Lipinski definition) is 3. The second-order valence-electron chi connectivity index (χ2n) is 6.21. The summed E-state index contributed by atoms with van der Waals surface area (Å²) < 4.78 is 0. The highest BCUT2D eigenvalue weighted by atomic mass is 35.5. The summed E-state index contributed by atoms with van der Waals surface area (Å²) in [7, 11) is 0. The van der Waals surface area contributed by atoms with Gasteiger partial charge in [-0.15, -0.1) is 0 Å². The number of pyridine rings is 1. The van der Waals surface area contributed by atoms with E-state index in [2.05, 4.69) is 10.3 Å². The van der Waals surface area contributed by atoms with E-state index in [1.807, 2.05) is 44.2 Å². The van der Waals surface area contributed by atoms with Crippen molar-refractivity contribution in [2.75, 3.05) is 16.8 Å². The largest absolute Gasteiger partial charge is 0.320 e. The second kappa shape index (κ2) is 8.67. The number of anilines is 2. The van der Waals surface area contributed by atoms with Crippen LogP contribution in [0.3, 0.4) is 0 Å². The number of benzene rings is 2. The average Bonchev–Trinajstić information content (AvgIpc) is 2.71. The monoisotopic (exact) mass is 393 g/mol. The van der Waals surface area contributed by atoms with Gasteiger partial charge in [-0.2, -0.15) is 0 Å². The number of hydrogen-bond donors (Lipinski definition) is 1. The molecule has 0 radical (unpaired) electrons. The van der Waals surface area contributed by atoms with E-state index >= 15 is 0 Å². The Bertz CT molecular complexity index is 1010. The van der Waals surface area contributed by atoms with E-state index < -0.39 is 0 Å². The van der Waals surface area contributed by atoms with Gasteiger partial charge in [0.2, 0.25) is 0 Å². The number of amides is 2. The highest BCUT2D eigenvalue weighted by Gasteiger charge is 2.19. The van der Waals surface area contributed by atoms with E-state index in [4.69, 9.17) is 11.6 Å². The van der Waals surface area contributed by atoms with Crippen molar-refractivity contribution in [1.29, 1.82) is 0 Å². The van der Waals surface area contributed by atoms with Crippen LogP contribution >= 0.6 is 11.6 Å². The summed E-state index contributed by atoms with van der Waals surface area (Å²) >= 11 is 5.95. The fourth-order valence-corrected chi connectivity index (χ4v) is 3.05. The van der Waals surface area contributed by atoms with Crippen LogP contribution in [-0.4, -0.2) is 23.3 Å². The minimum Gasteiger partial charge on any atom is -0.320 e. The van der Waals surface area contributed by atoms with Gasteiger partial charge in [0, 0.05) is 22.9 Å². The minimum atomic E-state index is -0.386. The van der Waals surface area contributed by atoms with Gasteiger partial charge in [-0.3, -0.25) is 9.59 Å². The van der Waals surface area contributed by atoms with Crippen LogP contribution in [-0.2, 0) is 0 Å². The first-order valence-corrected chi connectivity index (χ1v) is 9.29. The molecule has 1 N–H and O–H groups in total. The number of rotatable bonds is 5. The summed E-state index contributed by atoms with van der Waals surface area (Å²) in [5.41, 5.74) is 2.65. The van der Waals surface area contributed by atoms with Crippen LogP contribution in [0.15, 0.2) is 66.7 Å². The summed E-state index contributed by atoms with van der Waals surface area (Å²) in [5, 5.41) is 3.41. The van der Waals surface area contributed by atoms with Crippen molar-refractivity contribution in [2.24, 2.45) is 0 Å². The SMILES string of the molecule is CCN(C(=O)c1cccc(C(=O)Nc2ccc(Cl)cc2C)n1)c1ccccc1. The van der Waals surface area contributed by atoms with Crippen molar-refractivity contribution in [3.05, 3.63) is 88.7 Å². The Morgan fingerprint density at radius 1 is 1.00 bits per heavy atom. The standard InChI is InChI=1S/C22H20ClN3O2/c1-3-26(17-8-5-4-6-9-17)22(28)20-11-7-10-19(24-20)21(27)25-18-13-12-16(23)14-15(18)2/h4-14H,3H2,1-2H3,(H,25,27). The Morgan fingerprint density at radius 3 is 2.39 bits per heavy atom. The van der Waals surface area contributed by atoms with Crippen molar-refractivity contribution in [3.8, 4) is 0 Å². The van der Waals surface area contributed by atoms with Crippen LogP contribution in [0.5, 0.6) is 0 Å². The van der Waals surface area contributed by atoms with Crippen molar-refractivity contribution in [2.45, 2.75) is 13.8 Å². The van der Waals surface area contributed by atoms with Gasteiger partial charge in [0.1, 0.15) is 11.4 Å². The molecule has 28 heavy (non-hydrogen) atoms. The molecule has 0 atom stereocenters. The predicted molar refractivity (Wildman–Crippen MR) is 112 cm³/mol. The van der Waals surface area contributed by atoms with Crippen molar-refractivity contribution in [3.63, 3.8) is 0 Å². The molecule has 5 nitrogen and oxygen atoms in total. The summed E-state index contributed by atoms with van der Waals surface area (Å²) in [4.78, 5) is 31.4. The molecule has 0 spiro atoms. The highest BCUT2D eigenvalue weighted by molar-refractivity contribution is 6.30. The Morgan fingerprint density at radius 2 is 1.71 bits per heavy atom. The summed E-state index contributed by atoms with van der Waals surface area (Å²) in [6, 6.07) is 19.4. The van der Waals surface area contributed by atoms with Gasteiger partial charge in [-0.05, 0) is 61.9 Å². The first kappa shape index (κ1) is 19.6. The molecule has 0 aliphatic rings. The van der Waals surface area contributed by atoms with Crippen LogP contribution in [0.2, 0.25) is 5.02 Å². The van der Waals surface area contributed by atoms with Crippen LogP contribution in [0.4, 0.5) is 11.4 Å². The lowest BCUT2D eigenvalue weighted by Gasteiger charge is -2.20. The van der Waals surface area contributed by atoms with Crippen LogP contribution in [0.25, 0.3) is 0 Å². The zero-order valence-corrected chi connectivity index (χ0v) is 16.4. The molecule has 1 aromatic heterocycles. The van der Waals surface area contributed by atoms with Crippen molar-refractivity contribution < 1.29 is 9.59 Å². The summed E-state index contributed by atoms with van der Waals surface area (Å²) in [6.45, 7) is 4.24. The normalized spacial score (nSPS) is 10.4. The average molecular weight is 394 g/mol. The zero-order chi connectivity index (χ0) is 20.1. The van der Waals surface area contributed by atoms with Crippen molar-refractivity contribution in [1.82, 2.24) is 4.98 Å². The fourth-order valence-electron chi connectivity index (χ4n) is 2.82. The number of carbonyl (C=O) groups excluding carboxylic acids is 2. The molecule has 0 aliphatic heterocycles. The molecule has 3 rings (SSSR count). The topological polar surface area (TPSA) is 62.3 Å². The summed E-state index contributed by atoms with van der Waals surface area (Å²) in [5.74, 6) is -0.645. The first-order chi connectivity index (χ1) is 13.5. The lowest BCUT2D eigenvalue weighted by molar-refractivity contribution is 0.0983. The molecule has 2 amide bonds. The molecule has 0 bridgehead atoms.